The molecule has 0 radical (unpaired) electrons. The third-order valence-corrected chi connectivity index (χ3v) is 5.84. The van der Waals surface area contributed by atoms with Gasteiger partial charge in [-0.05, 0) is 30.4 Å². The molecule has 148 valence electrons. The van der Waals surface area contributed by atoms with Gasteiger partial charge in [-0.3, -0.25) is 9.67 Å². The van der Waals surface area contributed by atoms with Crippen LogP contribution in [0.15, 0.2) is 42.7 Å². The zero-order chi connectivity index (χ0) is 19.7. The van der Waals surface area contributed by atoms with Gasteiger partial charge in [-0.1, -0.05) is 38.1 Å². The fourth-order valence-electron chi connectivity index (χ4n) is 4.36. The summed E-state index contributed by atoms with van der Waals surface area (Å²) < 4.78 is 14.1. The van der Waals surface area contributed by atoms with Gasteiger partial charge in [0.25, 0.3) is 0 Å². The number of aryl methyl sites for hydroxylation is 1. The molecule has 0 saturated heterocycles. The molecule has 3 unspecified atom stereocenters. The Morgan fingerprint density at radius 1 is 1.18 bits per heavy atom. The van der Waals surface area contributed by atoms with Gasteiger partial charge in [-0.15, -0.1) is 0 Å². The molecule has 2 heterocycles. The molecule has 0 aliphatic heterocycles. The number of hydrogen-bond acceptors (Lipinski definition) is 5. The maximum Gasteiger partial charge on any atom is 0.158 e. The average molecular weight is 380 g/mol. The van der Waals surface area contributed by atoms with Crippen LogP contribution >= 0.6 is 0 Å². The normalized spacial score (nSPS) is 24.5. The maximum absolute atomic E-state index is 6.39. The van der Waals surface area contributed by atoms with E-state index in [4.69, 9.17) is 14.5 Å². The molecule has 0 N–H and O–H groups in total. The van der Waals surface area contributed by atoms with Gasteiger partial charge in [0.2, 0.25) is 0 Å². The number of nitrogens with zero attached hydrogens (tertiary/aromatic N) is 4. The second-order valence-corrected chi connectivity index (χ2v) is 8.33. The van der Waals surface area contributed by atoms with Crippen molar-refractivity contribution in [3.8, 4) is 0 Å². The van der Waals surface area contributed by atoms with E-state index in [9.17, 15) is 0 Å². The number of hydrogen-bond donors (Lipinski definition) is 0. The minimum atomic E-state index is -0.00588. The molecule has 1 fully saturated rings. The lowest BCUT2D eigenvalue weighted by atomic mass is 9.68. The van der Waals surface area contributed by atoms with Gasteiger partial charge in [0, 0.05) is 19.5 Å². The maximum atomic E-state index is 6.39. The van der Waals surface area contributed by atoms with Crippen LogP contribution in [0, 0.1) is 5.41 Å². The minimum absolute atomic E-state index is 0.00165. The number of benzene rings is 1. The molecule has 3 aromatic rings. The van der Waals surface area contributed by atoms with Crippen LogP contribution in [0.25, 0.3) is 10.9 Å². The van der Waals surface area contributed by atoms with Gasteiger partial charge >= 0.3 is 0 Å². The Morgan fingerprint density at radius 3 is 2.75 bits per heavy atom. The van der Waals surface area contributed by atoms with Crippen LogP contribution in [0.3, 0.4) is 0 Å². The van der Waals surface area contributed by atoms with Gasteiger partial charge in [0.1, 0.15) is 6.33 Å². The number of fused-ring (bicyclic) bond motifs is 1. The molecule has 0 bridgehead atoms. The fraction of sp³-hybridized carbons (Fsp3) is 0.500. The van der Waals surface area contributed by atoms with Gasteiger partial charge in [-0.2, -0.15) is 5.10 Å². The molecule has 6 heteroatoms. The smallest absolute Gasteiger partial charge is 0.158 e. The quantitative estimate of drug-likeness (QED) is 0.672. The highest BCUT2D eigenvalue weighted by Gasteiger charge is 2.47. The number of ether oxygens (including phenoxy) is 2. The molecular formula is C22H28N4O2. The molecule has 0 amide bonds. The van der Waals surface area contributed by atoms with Crippen LogP contribution in [-0.4, -0.2) is 39.1 Å². The van der Waals surface area contributed by atoms with Crippen molar-refractivity contribution < 1.29 is 9.47 Å². The number of methoxy groups -OCH3 is 1. The number of rotatable bonds is 5. The van der Waals surface area contributed by atoms with E-state index in [0.717, 1.165) is 35.3 Å². The molecule has 0 spiro atoms. The van der Waals surface area contributed by atoms with E-state index in [1.807, 2.05) is 31.3 Å². The summed E-state index contributed by atoms with van der Waals surface area (Å²) >= 11 is 0. The first-order valence-corrected chi connectivity index (χ1v) is 9.82. The fourth-order valence-corrected chi connectivity index (χ4v) is 4.36. The van der Waals surface area contributed by atoms with E-state index in [2.05, 4.69) is 36.1 Å². The lowest BCUT2D eigenvalue weighted by Crippen LogP contribution is -2.47. The summed E-state index contributed by atoms with van der Waals surface area (Å²) in [7, 11) is 3.66. The number of aromatic nitrogens is 4. The topological polar surface area (TPSA) is 62.1 Å². The van der Waals surface area contributed by atoms with Gasteiger partial charge in [0.15, 0.2) is 5.82 Å². The van der Waals surface area contributed by atoms with E-state index < -0.39 is 0 Å². The Morgan fingerprint density at radius 2 is 2.00 bits per heavy atom. The molecule has 3 atom stereocenters. The first-order valence-electron chi connectivity index (χ1n) is 9.82. The molecule has 1 aliphatic carbocycles. The summed E-state index contributed by atoms with van der Waals surface area (Å²) in [6.07, 6.45) is 3.71. The van der Waals surface area contributed by atoms with Crippen molar-refractivity contribution in [2.45, 2.75) is 51.4 Å². The zero-order valence-corrected chi connectivity index (χ0v) is 17.0. The van der Waals surface area contributed by atoms with Crippen LogP contribution in [-0.2, 0) is 23.1 Å². The van der Waals surface area contributed by atoms with E-state index in [1.165, 1.54) is 0 Å². The van der Waals surface area contributed by atoms with E-state index in [-0.39, 0.29) is 23.5 Å². The lowest BCUT2D eigenvalue weighted by Gasteiger charge is -2.45. The highest BCUT2D eigenvalue weighted by atomic mass is 16.5. The van der Waals surface area contributed by atoms with Crippen LogP contribution in [0.2, 0.25) is 0 Å². The Labute approximate surface area is 165 Å². The van der Waals surface area contributed by atoms with Gasteiger partial charge in [0.05, 0.1) is 35.9 Å². The zero-order valence-electron chi connectivity index (χ0n) is 17.0. The first-order chi connectivity index (χ1) is 13.5. The largest absolute Gasteiger partial charge is 0.380 e. The summed E-state index contributed by atoms with van der Waals surface area (Å²) in [6, 6.07) is 12.3. The van der Waals surface area contributed by atoms with E-state index in [0.29, 0.717) is 6.61 Å². The van der Waals surface area contributed by atoms with Crippen molar-refractivity contribution in [1.82, 2.24) is 19.7 Å². The molecule has 1 aliphatic rings. The first kappa shape index (κ1) is 19.0. The molecule has 6 nitrogen and oxygen atoms in total. The third kappa shape index (κ3) is 3.66. The van der Waals surface area contributed by atoms with Gasteiger partial charge in [-0.25, -0.2) is 4.98 Å². The lowest BCUT2D eigenvalue weighted by molar-refractivity contribution is -0.110. The molecule has 28 heavy (non-hydrogen) atoms. The molecule has 1 aromatic carbocycles. The predicted molar refractivity (Wildman–Crippen MR) is 108 cm³/mol. The van der Waals surface area contributed by atoms with Crippen molar-refractivity contribution in [3.63, 3.8) is 0 Å². The highest BCUT2D eigenvalue weighted by molar-refractivity contribution is 5.78. The Kier molecular flexibility index (Phi) is 5.17. The third-order valence-electron chi connectivity index (χ3n) is 5.84. The van der Waals surface area contributed by atoms with Crippen LogP contribution in [0.5, 0.6) is 0 Å². The van der Waals surface area contributed by atoms with Crippen molar-refractivity contribution in [2.75, 3.05) is 7.11 Å². The second-order valence-electron chi connectivity index (χ2n) is 8.33. The van der Waals surface area contributed by atoms with Crippen molar-refractivity contribution in [2.24, 2.45) is 12.5 Å². The van der Waals surface area contributed by atoms with Gasteiger partial charge < -0.3 is 9.47 Å². The Hall–Kier alpha value is -2.31. The standard InChI is InChI=1S/C22H28N4O2/c1-22(2)12-11-18(19(20(22)27-4)21-23-14-26(3)25-21)28-13-16-10-9-15-7-5-6-8-17(15)24-16/h5-10,14,18-20H,11-13H2,1-4H3. The van der Waals surface area contributed by atoms with Crippen LogP contribution in [0.4, 0.5) is 0 Å². The molecule has 2 aromatic heterocycles. The summed E-state index contributed by atoms with van der Waals surface area (Å²) in [6.45, 7) is 4.96. The molecule has 4 rings (SSSR count). The average Bonchev–Trinajstić information content (AvgIpc) is 3.12. The molecule has 1 saturated carbocycles. The summed E-state index contributed by atoms with van der Waals surface area (Å²) in [5.74, 6) is 0.786. The predicted octanol–water partition coefficient (Wildman–Crippen LogP) is 3.87. The minimum Gasteiger partial charge on any atom is -0.380 e. The highest BCUT2D eigenvalue weighted by Crippen LogP contribution is 2.45. The van der Waals surface area contributed by atoms with Crippen molar-refractivity contribution in [1.29, 1.82) is 0 Å². The van der Waals surface area contributed by atoms with E-state index >= 15 is 0 Å². The second kappa shape index (κ2) is 7.60. The number of pyridine rings is 1. The van der Waals surface area contributed by atoms with Crippen LogP contribution < -0.4 is 0 Å². The summed E-state index contributed by atoms with van der Waals surface area (Å²) in [5, 5.41) is 5.71. The SMILES string of the molecule is COC1C(c2ncn(C)n2)C(OCc2ccc3ccccc3n2)CCC1(C)C. The summed E-state index contributed by atoms with van der Waals surface area (Å²) in [5.41, 5.74) is 1.97. The van der Waals surface area contributed by atoms with E-state index in [1.54, 1.807) is 18.1 Å². The number of para-hydroxylation sites is 1. The van der Waals surface area contributed by atoms with Crippen molar-refractivity contribution in [3.05, 3.63) is 54.2 Å². The molecular weight excluding hydrogens is 352 g/mol. The van der Waals surface area contributed by atoms with Crippen LogP contribution in [0.1, 0.15) is 44.1 Å². The van der Waals surface area contributed by atoms with Crippen molar-refractivity contribution >= 4 is 10.9 Å². The monoisotopic (exact) mass is 380 g/mol. The summed E-state index contributed by atoms with van der Waals surface area (Å²) in [4.78, 5) is 9.26. The Bertz CT molecular complexity index is 952. The Balaban J connectivity index is 1.57.